The summed E-state index contributed by atoms with van der Waals surface area (Å²) in [5.74, 6) is 0.00135. The molecule has 1 fully saturated rings. The molecular weight excluding hydrogens is 426 g/mol. The van der Waals surface area contributed by atoms with Gasteiger partial charge < -0.3 is 10.2 Å². The molecule has 2 aliphatic rings. The molecule has 1 aliphatic heterocycles. The number of nitrogens with zero attached hydrogens (tertiary/aromatic N) is 1. The Hall–Kier alpha value is -2.71. The molecule has 1 aliphatic carbocycles. The molecule has 1 saturated carbocycles. The van der Waals surface area contributed by atoms with Crippen molar-refractivity contribution in [3.05, 3.63) is 53.1 Å². The second-order valence-corrected chi connectivity index (χ2v) is 10.6. The summed E-state index contributed by atoms with van der Waals surface area (Å²) in [4.78, 5) is 26.8. The van der Waals surface area contributed by atoms with E-state index in [9.17, 15) is 18.0 Å². The number of carbonyl (C=O) groups is 2. The molecule has 7 nitrogen and oxygen atoms in total. The van der Waals surface area contributed by atoms with Crippen LogP contribution in [0.15, 0.2) is 41.3 Å². The van der Waals surface area contributed by atoms with Gasteiger partial charge >= 0.3 is 0 Å². The summed E-state index contributed by atoms with van der Waals surface area (Å²) in [6, 6.07) is 10.7. The number of hydrogen-bond acceptors (Lipinski definition) is 4. The van der Waals surface area contributed by atoms with Gasteiger partial charge in [0.2, 0.25) is 21.8 Å². The molecule has 2 aromatic carbocycles. The average Bonchev–Trinajstić information content (AvgIpc) is 3.52. The zero-order valence-corrected chi connectivity index (χ0v) is 19.5. The molecule has 0 aromatic heterocycles. The largest absolute Gasteiger partial charge is 0.326 e. The summed E-state index contributed by atoms with van der Waals surface area (Å²) >= 11 is 0. The molecule has 0 saturated heterocycles. The number of benzene rings is 2. The molecule has 32 heavy (non-hydrogen) atoms. The lowest BCUT2D eigenvalue weighted by atomic mass is 10.1. The van der Waals surface area contributed by atoms with Crippen LogP contribution in [0.2, 0.25) is 0 Å². The van der Waals surface area contributed by atoms with Gasteiger partial charge in [0.1, 0.15) is 0 Å². The molecule has 4 rings (SSSR count). The van der Waals surface area contributed by atoms with Crippen molar-refractivity contribution in [2.75, 3.05) is 16.8 Å². The molecule has 2 N–H and O–H groups in total. The minimum Gasteiger partial charge on any atom is -0.326 e. The Balaban J connectivity index is 1.38. The topological polar surface area (TPSA) is 95.6 Å². The van der Waals surface area contributed by atoms with Gasteiger partial charge in [0.15, 0.2) is 0 Å². The van der Waals surface area contributed by atoms with Gasteiger partial charge in [-0.2, -0.15) is 0 Å². The van der Waals surface area contributed by atoms with Crippen molar-refractivity contribution in [1.82, 2.24) is 4.72 Å². The predicted molar refractivity (Wildman–Crippen MR) is 124 cm³/mol. The fourth-order valence-corrected chi connectivity index (χ4v) is 5.18. The van der Waals surface area contributed by atoms with Crippen LogP contribution in [-0.4, -0.2) is 32.8 Å². The first-order valence-corrected chi connectivity index (χ1v) is 12.5. The van der Waals surface area contributed by atoms with Gasteiger partial charge in [-0.3, -0.25) is 9.59 Å². The number of nitrogens with one attached hydrogen (secondary N) is 2. The van der Waals surface area contributed by atoms with Crippen LogP contribution in [0.5, 0.6) is 0 Å². The number of hydrogen-bond donors (Lipinski definition) is 2. The van der Waals surface area contributed by atoms with Gasteiger partial charge in [-0.25, -0.2) is 13.1 Å². The maximum absolute atomic E-state index is 12.8. The first kappa shape index (κ1) is 22.5. The highest BCUT2D eigenvalue weighted by Crippen LogP contribution is 2.39. The smallest absolute Gasteiger partial charge is 0.240 e. The van der Waals surface area contributed by atoms with E-state index in [-0.39, 0.29) is 41.6 Å². The van der Waals surface area contributed by atoms with Crippen molar-refractivity contribution in [3.63, 3.8) is 0 Å². The summed E-state index contributed by atoms with van der Waals surface area (Å²) < 4.78 is 28.0. The highest BCUT2D eigenvalue weighted by molar-refractivity contribution is 7.89. The van der Waals surface area contributed by atoms with Crippen LogP contribution in [0.3, 0.4) is 0 Å². The van der Waals surface area contributed by atoms with E-state index in [0.717, 1.165) is 40.9 Å². The number of fused-ring (bicyclic) bond motifs is 1. The maximum atomic E-state index is 12.8. The third-order valence-corrected chi connectivity index (χ3v) is 7.51. The Morgan fingerprint density at radius 3 is 2.56 bits per heavy atom. The number of sulfonamides is 1. The van der Waals surface area contributed by atoms with Crippen molar-refractivity contribution in [3.8, 4) is 0 Å². The average molecular weight is 456 g/mol. The monoisotopic (exact) mass is 455 g/mol. The lowest BCUT2D eigenvalue weighted by Gasteiger charge is -2.22. The second kappa shape index (κ2) is 8.67. The molecule has 1 atom stereocenters. The first-order valence-electron chi connectivity index (χ1n) is 11.0. The number of aryl methyl sites for hydroxylation is 2. The molecule has 170 valence electrons. The first-order chi connectivity index (χ1) is 15.2. The van der Waals surface area contributed by atoms with Crippen molar-refractivity contribution in [2.45, 2.75) is 57.4 Å². The number of rotatable bonds is 7. The van der Waals surface area contributed by atoms with E-state index < -0.39 is 10.0 Å². The van der Waals surface area contributed by atoms with Crippen LogP contribution in [0.25, 0.3) is 0 Å². The Labute approximate surface area is 189 Å². The summed E-state index contributed by atoms with van der Waals surface area (Å²) in [7, 11) is -3.76. The van der Waals surface area contributed by atoms with Crippen LogP contribution in [-0.2, 0) is 26.0 Å². The predicted octanol–water partition coefficient (Wildman–Crippen LogP) is 3.30. The minimum absolute atomic E-state index is 0.00118. The van der Waals surface area contributed by atoms with Crippen molar-refractivity contribution >= 4 is 33.2 Å². The van der Waals surface area contributed by atoms with Gasteiger partial charge in [-0.1, -0.05) is 12.1 Å². The van der Waals surface area contributed by atoms with E-state index in [1.54, 1.807) is 12.1 Å². The standard InChI is InChI=1S/C24H29N3O4S/c1-15-4-5-16(2)21(12-15)26-23(28)10-11-25-32(30,31)20-8-9-22-19(14-20)13-17(3)27(22)24(29)18-6-7-18/h4-5,8-9,12,14,17-18,25H,6-7,10-11,13H2,1-3H3,(H,26,28)/t17-/m1/s1. The second-order valence-electron chi connectivity index (χ2n) is 8.84. The summed E-state index contributed by atoms with van der Waals surface area (Å²) in [5, 5.41) is 2.83. The zero-order chi connectivity index (χ0) is 23.0. The van der Waals surface area contributed by atoms with Gasteiger partial charge in [0.05, 0.1) is 4.90 Å². The third-order valence-electron chi connectivity index (χ3n) is 6.05. The summed E-state index contributed by atoms with van der Waals surface area (Å²) in [5.41, 5.74) is 4.39. The van der Waals surface area contributed by atoms with Crippen molar-refractivity contribution < 1.29 is 18.0 Å². The van der Waals surface area contributed by atoms with Gasteiger partial charge in [0, 0.05) is 36.3 Å². The van der Waals surface area contributed by atoms with Gasteiger partial charge in [-0.15, -0.1) is 0 Å². The van der Waals surface area contributed by atoms with Gasteiger partial charge in [-0.05, 0) is 81.0 Å². The molecule has 8 heteroatoms. The highest BCUT2D eigenvalue weighted by atomic mass is 32.2. The van der Waals surface area contributed by atoms with E-state index in [1.165, 1.54) is 6.07 Å². The van der Waals surface area contributed by atoms with Crippen LogP contribution in [0.4, 0.5) is 11.4 Å². The lowest BCUT2D eigenvalue weighted by molar-refractivity contribution is -0.120. The normalized spacial score (nSPS) is 17.8. The van der Waals surface area contributed by atoms with E-state index in [2.05, 4.69) is 10.0 Å². The molecule has 0 spiro atoms. The lowest BCUT2D eigenvalue weighted by Crippen LogP contribution is -2.36. The zero-order valence-electron chi connectivity index (χ0n) is 18.6. The van der Waals surface area contributed by atoms with Crippen molar-refractivity contribution in [1.29, 1.82) is 0 Å². The Morgan fingerprint density at radius 1 is 1.09 bits per heavy atom. The van der Waals surface area contributed by atoms with E-state index >= 15 is 0 Å². The Kier molecular flexibility index (Phi) is 6.09. The molecule has 2 amide bonds. The van der Waals surface area contributed by atoms with E-state index in [4.69, 9.17) is 0 Å². The molecule has 0 bridgehead atoms. The quantitative estimate of drug-likeness (QED) is 0.670. The van der Waals surface area contributed by atoms with Crippen molar-refractivity contribution in [2.24, 2.45) is 5.92 Å². The number of amides is 2. The van der Waals surface area contributed by atoms with E-state index in [1.807, 2.05) is 43.9 Å². The summed E-state index contributed by atoms with van der Waals surface area (Å²) in [6.45, 7) is 5.84. The molecule has 2 aromatic rings. The van der Waals surface area contributed by atoms with Crippen LogP contribution in [0.1, 0.15) is 42.9 Å². The molecular formula is C24H29N3O4S. The van der Waals surface area contributed by atoms with Gasteiger partial charge in [0.25, 0.3) is 0 Å². The SMILES string of the molecule is Cc1ccc(C)c(NC(=O)CCNS(=O)(=O)c2ccc3c(c2)C[C@@H](C)N3C(=O)C2CC2)c1. The highest BCUT2D eigenvalue weighted by Gasteiger charge is 2.39. The minimum atomic E-state index is -3.76. The number of anilines is 2. The van der Waals surface area contributed by atoms with E-state index in [0.29, 0.717) is 6.42 Å². The number of carbonyl (C=O) groups excluding carboxylic acids is 2. The fraction of sp³-hybridized carbons (Fsp3) is 0.417. The molecule has 0 unspecified atom stereocenters. The Bertz CT molecular complexity index is 1170. The summed E-state index contributed by atoms with van der Waals surface area (Å²) in [6.07, 6.45) is 2.53. The van der Waals surface area contributed by atoms with Crippen LogP contribution < -0.4 is 14.9 Å². The van der Waals surface area contributed by atoms with Crippen LogP contribution >= 0.6 is 0 Å². The third kappa shape index (κ3) is 4.71. The Morgan fingerprint density at radius 2 is 1.84 bits per heavy atom. The maximum Gasteiger partial charge on any atom is 0.240 e. The van der Waals surface area contributed by atoms with Crippen LogP contribution in [0, 0.1) is 19.8 Å². The fourth-order valence-electron chi connectivity index (χ4n) is 4.10. The molecule has 1 heterocycles. The molecule has 0 radical (unpaired) electrons.